The van der Waals surface area contributed by atoms with Gasteiger partial charge in [0.15, 0.2) is 0 Å². The molecule has 0 saturated heterocycles. The van der Waals surface area contributed by atoms with Crippen LogP contribution in [0.3, 0.4) is 0 Å². The van der Waals surface area contributed by atoms with Crippen LogP contribution in [0.25, 0.3) is 5.57 Å². The average molecular weight is 267 g/mol. The van der Waals surface area contributed by atoms with E-state index in [9.17, 15) is 8.78 Å². The number of nitrogens with two attached hydrogens (primary N) is 2. The molecule has 0 aliphatic rings. The van der Waals surface area contributed by atoms with Crippen LogP contribution >= 0.6 is 0 Å². The van der Waals surface area contributed by atoms with Crippen LogP contribution in [0.2, 0.25) is 0 Å². The first-order chi connectivity index (χ1) is 9.04. The number of anilines is 1. The molecule has 0 fully saturated rings. The van der Waals surface area contributed by atoms with Crippen LogP contribution in [0.1, 0.15) is 36.5 Å². The van der Waals surface area contributed by atoms with Gasteiger partial charge in [-0.2, -0.15) is 0 Å². The molecular formula is C14H19F2N3. The topological polar surface area (TPSA) is 64.4 Å². The zero-order valence-electron chi connectivity index (χ0n) is 11.2. The Morgan fingerprint density at radius 3 is 2.58 bits per heavy atom. The van der Waals surface area contributed by atoms with Crippen LogP contribution in [-0.4, -0.2) is 13.3 Å². The summed E-state index contributed by atoms with van der Waals surface area (Å²) in [7, 11) is 1.57. The summed E-state index contributed by atoms with van der Waals surface area (Å²) in [5.41, 5.74) is 13.3. The number of aliphatic imine (C=N–C) groups is 1. The highest BCUT2D eigenvalue weighted by Crippen LogP contribution is 2.31. The minimum absolute atomic E-state index is 0.117. The minimum atomic E-state index is -2.60. The molecule has 0 aromatic heterocycles. The van der Waals surface area contributed by atoms with Crippen molar-refractivity contribution >= 4 is 17.5 Å². The zero-order valence-corrected chi connectivity index (χ0v) is 11.2. The Balaban J connectivity index is 3.44. The lowest BCUT2D eigenvalue weighted by Gasteiger charge is -2.14. The standard InChI is InChI=1S/C14H19F2N3/c1-3-4-9-5-11(10(7-17)8-19-2)12(14(15)16)6-13(9)18/h5-8,14H,3-4,17-18H2,1-2H3/b10-7+,19-8?. The van der Waals surface area contributed by atoms with Crippen LogP contribution in [0.5, 0.6) is 0 Å². The zero-order chi connectivity index (χ0) is 14.4. The average Bonchev–Trinajstić information content (AvgIpc) is 2.38. The largest absolute Gasteiger partial charge is 0.404 e. The number of rotatable bonds is 5. The summed E-state index contributed by atoms with van der Waals surface area (Å²) in [6, 6.07) is 3.01. The van der Waals surface area contributed by atoms with Gasteiger partial charge in [-0.3, -0.25) is 4.99 Å². The molecule has 1 rings (SSSR count). The number of benzene rings is 1. The smallest absolute Gasteiger partial charge is 0.264 e. The maximum absolute atomic E-state index is 13.1. The molecule has 5 heteroatoms. The number of alkyl halides is 2. The number of hydrogen-bond acceptors (Lipinski definition) is 3. The molecule has 0 aliphatic carbocycles. The molecule has 19 heavy (non-hydrogen) atoms. The van der Waals surface area contributed by atoms with Crippen molar-refractivity contribution in [2.75, 3.05) is 12.8 Å². The Labute approximate surface area is 112 Å². The summed E-state index contributed by atoms with van der Waals surface area (Å²) < 4.78 is 26.2. The fourth-order valence-electron chi connectivity index (χ4n) is 1.94. The van der Waals surface area contributed by atoms with Gasteiger partial charge in [-0.15, -0.1) is 0 Å². The van der Waals surface area contributed by atoms with E-state index in [0.717, 1.165) is 18.4 Å². The molecule has 0 amide bonds. The van der Waals surface area contributed by atoms with Crippen LogP contribution < -0.4 is 11.5 Å². The lowest BCUT2D eigenvalue weighted by atomic mass is 9.95. The molecule has 3 nitrogen and oxygen atoms in total. The van der Waals surface area contributed by atoms with Crippen LogP contribution in [0.4, 0.5) is 14.5 Å². The molecule has 0 atom stereocenters. The molecule has 0 radical (unpaired) electrons. The van der Waals surface area contributed by atoms with E-state index in [-0.39, 0.29) is 5.56 Å². The molecule has 0 spiro atoms. The molecule has 4 N–H and O–H groups in total. The van der Waals surface area contributed by atoms with Crippen molar-refractivity contribution in [3.05, 3.63) is 35.0 Å². The first-order valence-corrected chi connectivity index (χ1v) is 6.10. The van der Waals surface area contributed by atoms with Crippen molar-refractivity contribution in [3.63, 3.8) is 0 Å². The Kier molecular flexibility index (Phi) is 5.48. The summed E-state index contributed by atoms with van der Waals surface area (Å²) in [5.74, 6) is 0. The van der Waals surface area contributed by atoms with Crippen LogP contribution in [-0.2, 0) is 6.42 Å². The van der Waals surface area contributed by atoms with Crippen molar-refractivity contribution in [2.45, 2.75) is 26.2 Å². The monoisotopic (exact) mass is 267 g/mol. The Morgan fingerprint density at radius 2 is 2.11 bits per heavy atom. The van der Waals surface area contributed by atoms with E-state index in [1.165, 1.54) is 18.5 Å². The Hall–Kier alpha value is -1.91. The van der Waals surface area contributed by atoms with Gasteiger partial charge in [0.05, 0.1) is 0 Å². The summed E-state index contributed by atoms with van der Waals surface area (Å²) in [6.07, 6.45) is 1.77. The van der Waals surface area contributed by atoms with Gasteiger partial charge in [0.25, 0.3) is 6.43 Å². The van der Waals surface area contributed by atoms with E-state index in [0.29, 0.717) is 16.8 Å². The van der Waals surface area contributed by atoms with Gasteiger partial charge in [-0.25, -0.2) is 8.78 Å². The Bertz CT molecular complexity index is 494. The maximum Gasteiger partial charge on any atom is 0.264 e. The van der Waals surface area contributed by atoms with E-state index in [1.54, 1.807) is 13.1 Å². The molecule has 104 valence electrons. The van der Waals surface area contributed by atoms with Gasteiger partial charge >= 0.3 is 0 Å². The van der Waals surface area contributed by atoms with Gasteiger partial charge in [0.2, 0.25) is 0 Å². The third-order valence-electron chi connectivity index (χ3n) is 2.82. The SMILES string of the molecule is CCCc1cc(/C(C=NC)=C/N)c(C(F)F)cc1N. The third kappa shape index (κ3) is 3.53. The van der Waals surface area contributed by atoms with E-state index < -0.39 is 6.43 Å². The Morgan fingerprint density at radius 1 is 1.42 bits per heavy atom. The van der Waals surface area contributed by atoms with Crippen LogP contribution in [0.15, 0.2) is 23.3 Å². The molecule has 1 aromatic rings. The van der Waals surface area contributed by atoms with Gasteiger partial charge in [-0.05, 0) is 29.7 Å². The summed E-state index contributed by atoms with van der Waals surface area (Å²) in [6.45, 7) is 2.01. The van der Waals surface area contributed by atoms with Gasteiger partial charge in [0, 0.05) is 36.3 Å². The lowest BCUT2D eigenvalue weighted by Crippen LogP contribution is -2.03. The predicted octanol–water partition coefficient (Wildman–Crippen LogP) is 3.16. The van der Waals surface area contributed by atoms with Crippen LogP contribution in [0, 0.1) is 0 Å². The molecule has 0 unspecified atom stereocenters. The molecular weight excluding hydrogens is 248 g/mol. The van der Waals surface area contributed by atoms with E-state index in [1.807, 2.05) is 6.92 Å². The van der Waals surface area contributed by atoms with E-state index in [2.05, 4.69) is 4.99 Å². The number of nitrogens with zero attached hydrogens (tertiary/aromatic N) is 1. The summed E-state index contributed by atoms with van der Waals surface area (Å²) in [4.78, 5) is 3.83. The molecule has 0 bridgehead atoms. The first-order valence-electron chi connectivity index (χ1n) is 6.10. The highest BCUT2D eigenvalue weighted by atomic mass is 19.3. The van der Waals surface area contributed by atoms with Gasteiger partial charge in [-0.1, -0.05) is 13.3 Å². The fourth-order valence-corrected chi connectivity index (χ4v) is 1.94. The van der Waals surface area contributed by atoms with Crippen molar-refractivity contribution in [1.29, 1.82) is 0 Å². The van der Waals surface area contributed by atoms with Crippen molar-refractivity contribution in [1.82, 2.24) is 0 Å². The number of aryl methyl sites for hydroxylation is 1. The van der Waals surface area contributed by atoms with Crippen molar-refractivity contribution in [3.8, 4) is 0 Å². The number of allylic oxidation sites excluding steroid dienone is 1. The minimum Gasteiger partial charge on any atom is -0.404 e. The third-order valence-corrected chi connectivity index (χ3v) is 2.82. The molecule has 1 aromatic carbocycles. The normalized spacial score (nSPS) is 12.6. The summed E-state index contributed by atoms with van der Waals surface area (Å²) >= 11 is 0. The second-order valence-corrected chi connectivity index (χ2v) is 4.20. The quantitative estimate of drug-likeness (QED) is 0.635. The maximum atomic E-state index is 13.1. The highest BCUT2D eigenvalue weighted by Gasteiger charge is 2.17. The lowest BCUT2D eigenvalue weighted by molar-refractivity contribution is 0.151. The van der Waals surface area contributed by atoms with E-state index in [4.69, 9.17) is 11.5 Å². The summed E-state index contributed by atoms with van der Waals surface area (Å²) in [5, 5.41) is 0. The predicted molar refractivity (Wildman–Crippen MR) is 76.4 cm³/mol. The molecule has 0 heterocycles. The van der Waals surface area contributed by atoms with Gasteiger partial charge in [0.1, 0.15) is 0 Å². The highest BCUT2D eigenvalue weighted by molar-refractivity contribution is 6.10. The molecule has 0 saturated carbocycles. The van der Waals surface area contributed by atoms with Crippen molar-refractivity contribution < 1.29 is 8.78 Å². The van der Waals surface area contributed by atoms with Gasteiger partial charge < -0.3 is 11.5 Å². The first kappa shape index (κ1) is 15.1. The number of nitrogen functional groups attached to an aromatic ring is 1. The van der Waals surface area contributed by atoms with Crippen molar-refractivity contribution in [2.24, 2.45) is 10.7 Å². The second-order valence-electron chi connectivity index (χ2n) is 4.20. The molecule has 0 aliphatic heterocycles. The number of halogens is 2. The van der Waals surface area contributed by atoms with E-state index >= 15 is 0 Å². The second kappa shape index (κ2) is 6.87. The fraction of sp³-hybridized carbons (Fsp3) is 0.357. The number of hydrogen-bond donors (Lipinski definition) is 2.